The van der Waals surface area contributed by atoms with Crippen LogP contribution in [0.1, 0.15) is 22.6 Å². The Hall–Kier alpha value is -0.800. The number of aryl methyl sites for hydroxylation is 2. The summed E-state index contributed by atoms with van der Waals surface area (Å²) in [6, 6.07) is 2.23. The summed E-state index contributed by atoms with van der Waals surface area (Å²) in [5.41, 5.74) is 2.32. The van der Waals surface area contributed by atoms with Gasteiger partial charge in [-0.1, -0.05) is 0 Å². The van der Waals surface area contributed by atoms with Gasteiger partial charge in [-0.3, -0.25) is 0 Å². The van der Waals surface area contributed by atoms with E-state index in [9.17, 15) is 0 Å². The number of halogens is 1. The van der Waals surface area contributed by atoms with E-state index >= 15 is 0 Å². The third-order valence-electron chi connectivity index (χ3n) is 2.74. The van der Waals surface area contributed by atoms with Crippen LogP contribution in [0.2, 0.25) is 0 Å². The Bertz CT molecular complexity index is 467. The highest BCUT2D eigenvalue weighted by molar-refractivity contribution is 7.15. The highest BCUT2D eigenvalue weighted by Gasteiger charge is 2.19. The van der Waals surface area contributed by atoms with Gasteiger partial charge in [-0.05, 0) is 30.9 Å². The number of hydrogen-bond acceptors (Lipinski definition) is 3. The first-order chi connectivity index (χ1) is 7.38. The van der Waals surface area contributed by atoms with Crippen molar-refractivity contribution < 1.29 is 4.42 Å². The Morgan fingerprint density at radius 2 is 2.40 bits per heavy atom. The van der Waals surface area contributed by atoms with E-state index in [1.165, 1.54) is 41.0 Å². The molecule has 2 heterocycles. The minimum atomic E-state index is 0.411. The molecule has 0 aromatic carbocycles. The molecule has 1 aliphatic carbocycles. The van der Waals surface area contributed by atoms with Gasteiger partial charge in [0.1, 0.15) is 5.69 Å². The van der Waals surface area contributed by atoms with Crippen molar-refractivity contribution in [3.8, 4) is 10.6 Å². The van der Waals surface area contributed by atoms with Crippen LogP contribution in [-0.2, 0) is 18.7 Å². The summed E-state index contributed by atoms with van der Waals surface area (Å²) in [5, 5.41) is 0. The topological polar surface area (TPSA) is 26.0 Å². The van der Waals surface area contributed by atoms with Gasteiger partial charge in [0, 0.05) is 4.88 Å². The van der Waals surface area contributed by atoms with Crippen molar-refractivity contribution >= 4 is 22.9 Å². The van der Waals surface area contributed by atoms with Gasteiger partial charge in [0.2, 0.25) is 0 Å². The fourth-order valence-electron chi connectivity index (χ4n) is 2.01. The lowest BCUT2D eigenvalue weighted by Crippen LogP contribution is -1.80. The Kier molecular flexibility index (Phi) is 2.29. The SMILES string of the molecule is ClCc1ncoc1-c1cc2c(s1)CCC2. The van der Waals surface area contributed by atoms with Crippen LogP contribution in [-0.4, -0.2) is 4.98 Å². The second-order valence-corrected chi connectivity index (χ2v) is 5.08. The monoisotopic (exact) mass is 239 g/mol. The largest absolute Gasteiger partial charge is 0.442 e. The molecule has 0 atom stereocenters. The zero-order chi connectivity index (χ0) is 10.3. The molecule has 0 N–H and O–H groups in total. The molecule has 0 spiro atoms. The average Bonchev–Trinajstić information content (AvgIpc) is 2.91. The zero-order valence-electron chi connectivity index (χ0n) is 8.12. The summed E-state index contributed by atoms with van der Waals surface area (Å²) >= 11 is 7.62. The molecule has 0 fully saturated rings. The van der Waals surface area contributed by atoms with Gasteiger partial charge >= 0.3 is 0 Å². The molecule has 0 unspecified atom stereocenters. The smallest absolute Gasteiger partial charge is 0.181 e. The van der Waals surface area contributed by atoms with E-state index < -0.39 is 0 Å². The summed E-state index contributed by atoms with van der Waals surface area (Å²) in [6.07, 6.45) is 5.18. The average molecular weight is 240 g/mol. The van der Waals surface area contributed by atoms with Crippen LogP contribution >= 0.6 is 22.9 Å². The molecule has 3 rings (SSSR count). The fraction of sp³-hybridized carbons (Fsp3) is 0.364. The molecule has 2 nitrogen and oxygen atoms in total. The molecule has 2 aromatic rings. The molecular weight excluding hydrogens is 230 g/mol. The van der Waals surface area contributed by atoms with Crippen molar-refractivity contribution in [1.82, 2.24) is 4.98 Å². The van der Waals surface area contributed by atoms with E-state index in [1.54, 1.807) is 0 Å². The summed E-state index contributed by atoms with van der Waals surface area (Å²) in [6.45, 7) is 0. The van der Waals surface area contributed by atoms with Crippen LogP contribution in [0.3, 0.4) is 0 Å². The minimum Gasteiger partial charge on any atom is -0.442 e. The Labute approximate surface area is 96.9 Å². The predicted molar refractivity (Wildman–Crippen MR) is 61.4 cm³/mol. The van der Waals surface area contributed by atoms with Crippen molar-refractivity contribution in [3.05, 3.63) is 28.6 Å². The molecule has 0 saturated heterocycles. The standard InChI is InChI=1S/C11H10ClNOS/c12-5-8-11(14-6-13-8)10-4-7-2-1-3-9(7)15-10/h4,6H,1-3,5H2. The molecule has 2 aromatic heterocycles. The normalized spacial score (nSPS) is 14.5. The van der Waals surface area contributed by atoms with Crippen molar-refractivity contribution in [1.29, 1.82) is 0 Å². The van der Waals surface area contributed by atoms with Gasteiger partial charge in [-0.25, -0.2) is 4.98 Å². The molecule has 0 radical (unpaired) electrons. The molecule has 4 heteroatoms. The number of alkyl halides is 1. The summed E-state index contributed by atoms with van der Waals surface area (Å²) < 4.78 is 5.39. The van der Waals surface area contributed by atoms with E-state index in [0.717, 1.165) is 11.5 Å². The Morgan fingerprint density at radius 1 is 1.47 bits per heavy atom. The lowest BCUT2D eigenvalue weighted by Gasteiger charge is -1.93. The van der Waals surface area contributed by atoms with Crippen molar-refractivity contribution in [3.63, 3.8) is 0 Å². The van der Waals surface area contributed by atoms with E-state index in [1.807, 2.05) is 11.3 Å². The summed E-state index contributed by atoms with van der Waals surface area (Å²) in [4.78, 5) is 6.78. The molecule has 1 aliphatic rings. The zero-order valence-corrected chi connectivity index (χ0v) is 9.70. The quantitative estimate of drug-likeness (QED) is 0.748. The van der Waals surface area contributed by atoms with Crippen LogP contribution in [0, 0.1) is 0 Å². The van der Waals surface area contributed by atoms with E-state index in [0.29, 0.717) is 5.88 Å². The second-order valence-electron chi connectivity index (χ2n) is 3.67. The Morgan fingerprint density at radius 3 is 3.20 bits per heavy atom. The van der Waals surface area contributed by atoms with Crippen molar-refractivity contribution in [2.24, 2.45) is 0 Å². The van der Waals surface area contributed by atoms with Gasteiger partial charge in [0.25, 0.3) is 0 Å². The molecule has 0 amide bonds. The first-order valence-corrected chi connectivity index (χ1v) is 6.34. The van der Waals surface area contributed by atoms with Crippen LogP contribution < -0.4 is 0 Å². The number of thiophene rings is 1. The molecule has 0 aliphatic heterocycles. The van der Waals surface area contributed by atoms with Crippen molar-refractivity contribution in [2.45, 2.75) is 25.1 Å². The number of aromatic nitrogens is 1. The first kappa shape index (κ1) is 9.43. The van der Waals surface area contributed by atoms with E-state index in [4.69, 9.17) is 16.0 Å². The molecule has 0 bridgehead atoms. The molecular formula is C11H10ClNOS. The minimum absolute atomic E-state index is 0.411. The van der Waals surface area contributed by atoms with Gasteiger partial charge in [-0.15, -0.1) is 22.9 Å². The number of fused-ring (bicyclic) bond motifs is 1. The van der Waals surface area contributed by atoms with Crippen LogP contribution in [0.5, 0.6) is 0 Å². The van der Waals surface area contributed by atoms with Crippen LogP contribution in [0.25, 0.3) is 10.6 Å². The number of rotatable bonds is 2. The summed E-state index contributed by atoms with van der Waals surface area (Å²) in [5.74, 6) is 1.26. The first-order valence-electron chi connectivity index (χ1n) is 4.99. The third kappa shape index (κ3) is 1.50. The van der Waals surface area contributed by atoms with Gasteiger partial charge < -0.3 is 4.42 Å². The maximum atomic E-state index is 5.80. The second kappa shape index (κ2) is 3.65. The fourth-order valence-corrected chi connectivity index (χ4v) is 3.46. The van der Waals surface area contributed by atoms with Gasteiger partial charge in [0.05, 0.1) is 10.8 Å². The predicted octanol–water partition coefficient (Wildman–Crippen LogP) is 3.63. The van der Waals surface area contributed by atoms with Crippen molar-refractivity contribution in [2.75, 3.05) is 0 Å². The molecule has 0 saturated carbocycles. The summed E-state index contributed by atoms with van der Waals surface area (Å²) in [7, 11) is 0. The highest BCUT2D eigenvalue weighted by atomic mass is 35.5. The maximum Gasteiger partial charge on any atom is 0.181 e. The van der Waals surface area contributed by atoms with Gasteiger partial charge in [-0.2, -0.15) is 0 Å². The number of hydrogen-bond donors (Lipinski definition) is 0. The third-order valence-corrected chi connectivity index (χ3v) is 4.23. The van der Waals surface area contributed by atoms with E-state index in [2.05, 4.69) is 11.1 Å². The number of oxazole rings is 1. The van der Waals surface area contributed by atoms with Crippen LogP contribution in [0.15, 0.2) is 16.9 Å². The lowest BCUT2D eigenvalue weighted by atomic mass is 10.2. The highest BCUT2D eigenvalue weighted by Crippen LogP contribution is 2.37. The Balaban J connectivity index is 2.05. The van der Waals surface area contributed by atoms with E-state index in [-0.39, 0.29) is 0 Å². The van der Waals surface area contributed by atoms with Crippen LogP contribution in [0.4, 0.5) is 0 Å². The number of nitrogens with zero attached hydrogens (tertiary/aromatic N) is 1. The molecule has 78 valence electrons. The maximum absolute atomic E-state index is 5.80. The van der Waals surface area contributed by atoms with Gasteiger partial charge in [0.15, 0.2) is 12.2 Å². The molecule has 15 heavy (non-hydrogen) atoms. The lowest BCUT2D eigenvalue weighted by molar-refractivity contribution is 0.572.